The molecule has 2 aliphatic rings. The zero-order chi connectivity index (χ0) is 17.8. The molecular formula is C20H21NO5. The third-order valence-corrected chi connectivity index (χ3v) is 4.44. The molecule has 0 saturated carbocycles. The molecule has 0 saturated heterocycles. The first-order valence-corrected chi connectivity index (χ1v) is 8.84. The molecule has 0 aromatic heterocycles. The molecule has 0 spiro atoms. The van der Waals surface area contributed by atoms with Gasteiger partial charge in [-0.05, 0) is 36.6 Å². The number of carbonyl (C=O) groups is 1. The maximum atomic E-state index is 12.4. The largest absolute Gasteiger partial charge is 0.486 e. The SMILES string of the molecule is O=C(CNCC1COc2ccccc2O1)c1ccc2c(c1)OOCCC2. The van der Waals surface area contributed by atoms with E-state index in [4.69, 9.17) is 19.2 Å². The highest BCUT2D eigenvalue weighted by molar-refractivity contribution is 5.98. The fourth-order valence-electron chi connectivity index (χ4n) is 3.05. The van der Waals surface area contributed by atoms with Gasteiger partial charge in [0.2, 0.25) is 0 Å². The van der Waals surface area contributed by atoms with Crippen LogP contribution in [0.15, 0.2) is 42.5 Å². The van der Waals surface area contributed by atoms with E-state index in [1.54, 1.807) is 6.07 Å². The van der Waals surface area contributed by atoms with Gasteiger partial charge < -0.3 is 19.7 Å². The van der Waals surface area contributed by atoms with Gasteiger partial charge in [-0.3, -0.25) is 4.79 Å². The molecule has 0 radical (unpaired) electrons. The smallest absolute Gasteiger partial charge is 0.176 e. The van der Waals surface area contributed by atoms with E-state index in [0.29, 0.717) is 31.1 Å². The third kappa shape index (κ3) is 3.81. The Balaban J connectivity index is 1.30. The quantitative estimate of drug-likeness (QED) is 0.657. The minimum absolute atomic E-state index is 0.00206. The molecule has 0 bridgehead atoms. The molecule has 136 valence electrons. The summed E-state index contributed by atoms with van der Waals surface area (Å²) in [6.07, 6.45) is 1.68. The maximum Gasteiger partial charge on any atom is 0.176 e. The van der Waals surface area contributed by atoms with Crippen molar-refractivity contribution < 1.29 is 24.0 Å². The van der Waals surface area contributed by atoms with Gasteiger partial charge in [-0.2, -0.15) is 4.89 Å². The highest BCUT2D eigenvalue weighted by atomic mass is 17.2. The van der Waals surface area contributed by atoms with E-state index in [9.17, 15) is 4.79 Å². The van der Waals surface area contributed by atoms with E-state index >= 15 is 0 Å². The summed E-state index contributed by atoms with van der Waals surface area (Å²) in [5.41, 5.74) is 1.67. The number of Topliss-reactive ketones (excluding diaryl/α,β-unsaturated/α-hetero) is 1. The number of benzene rings is 2. The fourth-order valence-corrected chi connectivity index (χ4v) is 3.05. The van der Waals surface area contributed by atoms with Crippen LogP contribution in [0, 0.1) is 0 Å². The topological polar surface area (TPSA) is 66.0 Å². The lowest BCUT2D eigenvalue weighted by Crippen LogP contribution is -2.40. The molecule has 1 unspecified atom stereocenters. The minimum Gasteiger partial charge on any atom is -0.486 e. The van der Waals surface area contributed by atoms with E-state index in [-0.39, 0.29) is 18.4 Å². The molecule has 6 nitrogen and oxygen atoms in total. The van der Waals surface area contributed by atoms with Gasteiger partial charge >= 0.3 is 0 Å². The van der Waals surface area contributed by atoms with Crippen LogP contribution in [0.4, 0.5) is 0 Å². The molecular weight excluding hydrogens is 334 g/mol. The number of fused-ring (bicyclic) bond motifs is 2. The van der Waals surface area contributed by atoms with E-state index < -0.39 is 0 Å². The lowest BCUT2D eigenvalue weighted by molar-refractivity contribution is -0.203. The average molecular weight is 355 g/mol. The first-order chi connectivity index (χ1) is 12.8. The summed E-state index contributed by atoms with van der Waals surface area (Å²) in [6.45, 7) is 1.78. The summed E-state index contributed by atoms with van der Waals surface area (Å²) in [4.78, 5) is 22.8. The molecule has 4 rings (SSSR count). The Morgan fingerprint density at radius 2 is 2.00 bits per heavy atom. The van der Waals surface area contributed by atoms with Crippen molar-refractivity contribution in [1.82, 2.24) is 5.32 Å². The molecule has 0 aliphatic carbocycles. The Morgan fingerprint density at radius 1 is 1.12 bits per heavy atom. The van der Waals surface area contributed by atoms with Crippen LogP contribution in [0.1, 0.15) is 22.3 Å². The number of carbonyl (C=O) groups excluding carboxylic acids is 1. The molecule has 2 aromatic carbocycles. The molecule has 1 atom stereocenters. The highest BCUT2D eigenvalue weighted by Crippen LogP contribution is 2.30. The van der Waals surface area contributed by atoms with Crippen LogP contribution in [-0.4, -0.2) is 38.2 Å². The van der Waals surface area contributed by atoms with Crippen molar-refractivity contribution in [2.45, 2.75) is 18.9 Å². The highest BCUT2D eigenvalue weighted by Gasteiger charge is 2.20. The fraction of sp³-hybridized carbons (Fsp3) is 0.350. The first-order valence-electron chi connectivity index (χ1n) is 8.84. The Kier molecular flexibility index (Phi) is 5.04. The number of hydrogen-bond acceptors (Lipinski definition) is 6. The van der Waals surface area contributed by atoms with Gasteiger partial charge in [0, 0.05) is 12.1 Å². The number of nitrogens with one attached hydrogen (secondary N) is 1. The van der Waals surface area contributed by atoms with Crippen molar-refractivity contribution in [3.63, 3.8) is 0 Å². The van der Waals surface area contributed by atoms with E-state index in [2.05, 4.69) is 5.32 Å². The van der Waals surface area contributed by atoms with E-state index in [0.717, 1.165) is 29.9 Å². The van der Waals surface area contributed by atoms with Gasteiger partial charge in [0.25, 0.3) is 0 Å². The van der Waals surface area contributed by atoms with Gasteiger partial charge in [0.1, 0.15) is 12.7 Å². The molecule has 0 amide bonds. The monoisotopic (exact) mass is 355 g/mol. The molecule has 6 heteroatoms. The van der Waals surface area contributed by atoms with Crippen LogP contribution >= 0.6 is 0 Å². The number of ketones is 1. The van der Waals surface area contributed by atoms with E-state index in [1.165, 1.54) is 0 Å². The summed E-state index contributed by atoms with van der Waals surface area (Å²) in [7, 11) is 0. The lowest BCUT2D eigenvalue weighted by atomic mass is 10.0. The molecule has 0 fully saturated rings. The standard InChI is InChI=1S/C20H21NO5/c22-17(15-8-7-14-4-3-9-24-26-20(14)10-15)12-21-11-16-13-23-18-5-1-2-6-19(18)25-16/h1-2,5-8,10,16,21H,3-4,9,11-13H2. The van der Waals surface area contributed by atoms with Crippen LogP contribution in [0.5, 0.6) is 17.2 Å². The van der Waals surface area contributed by atoms with Crippen molar-refractivity contribution in [2.75, 3.05) is 26.3 Å². The van der Waals surface area contributed by atoms with Crippen LogP contribution in [0.2, 0.25) is 0 Å². The van der Waals surface area contributed by atoms with Gasteiger partial charge in [-0.15, -0.1) is 0 Å². The minimum atomic E-state index is -0.124. The predicted molar refractivity (Wildman–Crippen MR) is 94.9 cm³/mol. The van der Waals surface area contributed by atoms with Gasteiger partial charge in [-0.1, -0.05) is 24.3 Å². The van der Waals surface area contributed by atoms with Crippen molar-refractivity contribution in [2.24, 2.45) is 0 Å². The molecule has 2 aliphatic heterocycles. The summed E-state index contributed by atoms with van der Waals surface area (Å²) < 4.78 is 11.5. The third-order valence-electron chi connectivity index (χ3n) is 4.44. The summed E-state index contributed by atoms with van der Waals surface area (Å²) in [5.74, 6) is 2.12. The second-order valence-electron chi connectivity index (χ2n) is 6.38. The van der Waals surface area contributed by atoms with Crippen molar-refractivity contribution in [3.8, 4) is 17.2 Å². The predicted octanol–water partition coefficient (Wildman–Crippen LogP) is 2.56. The summed E-state index contributed by atoms with van der Waals surface area (Å²) >= 11 is 0. The van der Waals surface area contributed by atoms with Crippen LogP contribution in [0.3, 0.4) is 0 Å². The Labute approximate surface area is 151 Å². The number of hydrogen-bond donors (Lipinski definition) is 1. The van der Waals surface area contributed by atoms with Crippen molar-refractivity contribution >= 4 is 5.78 Å². The zero-order valence-electron chi connectivity index (χ0n) is 14.4. The maximum absolute atomic E-state index is 12.4. The van der Waals surface area contributed by atoms with Gasteiger partial charge in [-0.25, -0.2) is 0 Å². The van der Waals surface area contributed by atoms with Crippen LogP contribution < -0.4 is 19.7 Å². The Hall–Kier alpha value is -2.57. The number of ether oxygens (including phenoxy) is 2. The van der Waals surface area contributed by atoms with Crippen LogP contribution in [0.25, 0.3) is 0 Å². The summed E-state index contributed by atoms with van der Waals surface area (Å²) in [6, 6.07) is 13.1. The normalized spacial score (nSPS) is 18.4. The number of rotatable bonds is 5. The Morgan fingerprint density at radius 3 is 2.92 bits per heavy atom. The number of para-hydroxylation sites is 2. The molecule has 1 N–H and O–H groups in total. The lowest BCUT2D eigenvalue weighted by Gasteiger charge is -2.26. The second-order valence-corrected chi connectivity index (χ2v) is 6.38. The number of aryl methyl sites for hydroxylation is 1. The van der Waals surface area contributed by atoms with Crippen LogP contribution in [-0.2, 0) is 11.3 Å². The van der Waals surface area contributed by atoms with Crippen molar-refractivity contribution in [3.05, 3.63) is 53.6 Å². The summed E-state index contributed by atoms with van der Waals surface area (Å²) in [5, 5.41) is 3.15. The average Bonchev–Trinajstić information content (AvgIpc) is 2.92. The molecule has 26 heavy (non-hydrogen) atoms. The van der Waals surface area contributed by atoms with Gasteiger partial charge in [0.05, 0.1) is 13.2 Å². The molecule has 2 heterocycles. The molecule has 2 aromatic rings. The zero-order valence-corrected chi connectivity index (χ0v) is 14.4. The second kappa shape index (κ2) is 7.76. The van der Waals surface area contributed by atoms with Gasteiger partial charge in [0.15, 0.2) is 23.0 Å². The van der Waals surface area contributed by atoms with Crippen molar-refractivity contribution in [1.29, 1.82) is 0 Å². The first kappa shape index (κ1) is 16.9. The van der Waals surface area contributed by atoms with E-state index in [1.807, 2.05) is 36.4 Å². The Bertz CT molecular complexity index is 792.